The van der Waals surface area contributed by atoms with Crippen molar-refractivity contribution in [3.05, 3.63) is 46.0 Å². The fraction of sp³-hybridized carbons (Fsp3) is 0.615. The van der Waals surface area contributed by atoms with Crippen molar-refractivity contribution >= 4 is 21.6 Å². The molecule has 5 rings (SSSR count). The number of hydrogen-bond donors (Lipinski definition) is 0. The summed E-state index contributed by atoms with van der Waals surface area (Å²) in [6.07, 6.45) is 11.4. The van der Waals surface area contributed by atoms with Crippen molar-refractivity contribution in [2.45, 2.75) is 89.1 Å². The van der Waals surface area contributed by atoms with Crippen molar-refractivity contribution in [2.75, 3.05) is 13.1 Å². The molecule has 7 heteroatoms. The van der Waals surface area contributed by atoms with E-state index in [0.717, 1.165) is 77.0 Å². The minimum absolute atomic E-state index is 0.0840. The molecule has 2 saturated carbocycles. The summed E-state index contributed by atoms with van der Waals surface area (Å²) in [5.74, 6) is -0.832. The van der Waals surface area contributed by atoms with Crippen LogP contribution < -0.4 is 0 Å². The van der Waals surface area contributed by atoms with Crippen molar-refractivity contribution in [2.24, 2.45) is 0 Å². The maximum atomic E-state index is 14.5. The van der Waals surface area contributed by atoms with Crippen LogP contribution >= 0.6 is 0 Å². The van der Waals surface area contributed by atoms with Gasteiger partial charge in [0.1, 0.15) is 5.70 Å². The van der Waals surface area contributed by atoms with Gasteiger partial charge < -0.3 is 4.90 Å². The van der Waals surface area contributed by atoms with Gasteiger partial charge in [0.2, 0.25) is 21.6 Å². The summed E-state index contributed by atoms with van der Waals surface area (Å²) in [5.41, 5.74) is 0.661. The highest BCUT2D eigenvalue weighted by atomic mass is 32.2. The van der Waals surface area contributed by atoms with Crippen LogP contribution in [0.5, 0.6) is 0 Å². The van der Waals surface area contributed by atoms with Crippen molar-refractivity contribution in [1.29, 1.82) is 0 Å². The Labute approximate surface area is 197 Å². The van der Waals surface area contributed by atoms with E-state index < -0.39 is 15.8 Å². The number of ketones is 2. The third-order valence-corrected chi connectivity index (χ3v) is 9.93. The van der Waals surface area contributed by atoms with E-state index in [4.69, 9.17) is 0 Å². The summed E-state index contributed by atoms with van der Waals surface area (Å²) in [5, 5.41) is 0. The smallest absolute Gasteiger partial charge is 0.249 e. The Morgan fingerprint density at radius 3 is 1.70 bits per heavy atom. The zero-order valence-corrected chi connectivity index (χ0v) is 20.1. The lowest BCUT2D eigenvalue weighted by atomic mass is 9.91. The number of nitrogens with zero attached hydrogens (tertiary/aromatic N) is 2. The molecule has 3 fully saturated rings. The van der Waals surface area contributed by atoms with Gasteiger partial charge in [-0.2, -0.15) is 4.31 Å². The van der Waals surface area contributed by atoms with Crippen molar-refractivity contribution < 1.29 is 18.0 Å². The van der Waals surface area contributed by atoms with Gasteiger partial charge in [-0.1, -0.05) is 62.8 Å². The standard InChI is InChI=1S/C26H34N2O4S/c29-24-21-15-7-8-16-22(21)25(30)26(23(24)27-17-9-10-18-27)33(31,32)28(19-11-3-1-4-12-19)20-13-5-2-6-14-20/h7-8,15-16,19-20H,1-6,9-14,17-18H2. The van der Waals surface area contributed by atoms with E-state index in [1.807, 2.05) is 4.90 Å². The molecule has 0 atom stereocenters. The molecule has 1 aromatic carbocycles. The van der Waals surface area contributed by atoms with Crippen LogP contribution in [0.4, 0.5) is 0 Å². The molecule has 0 unspecified atom stereocenters. The Bertz CT molecular complexity index is 1040. The predicted octanol–water partition coefficient (Wildman–Crippen LogP) is 4.67. The minimum atomic E-state index is -4.13. The van der Waals surface area contributed by atoms with Crippen molar-refractivity contribution in [3.63, 3.8) is 0 Å². The quantitative estimate of drug-likeness (QED) is 0.625. The van der Waals surface area contributed by atoms with Gasteiger partial charge in [0.15, 0.2) is 4.91 Å². The zero-order valence-electron chi connectivity index (χ0n) is 19.3. The first-order valence-electron chi connectivity index (χ1n) is 12.7. The Kier molecular flexibility index (Phi) is 6.45. The normalized spacial score (nSPS) is 23.5. The summed E-state index contributed by atoms with van der Waals surface area (Å²) in [4.78, 5) is 29.0. The molecule has 1 aromatic rings. The second-order valence-corrected chi connectivity index (χ2v) is 11.8. The Balaban J connectivity index is 1.66. The second-order valence-electron chi connectivity index (χ2n) is 9.99. The number of carbonyl (C=O) groups is 2. The number of rotatable bonds is 5. The number of fused-ring (bicyclic) bond motifs is 1. The van der Waals surface area contributed by atoms with Gasteiger partial charge in [-0.25, -0.2) is 8.42 Å². The van der Waals surface area contributed by atoms with E-state index in [1.54, 1.807) is 28.6 Å². The lowest BCUT2D eigenvalue weighted by Gasteiger charge is -2.41. The van der Waals surface area contributed by atoms with E-state index >= 15 is 0 Å². The van der Waals surface area contributed by atoms with Gasteiger partial charge in [0.25, 0.3) is 0 Å². The van der Waals surface area contributed by atoms with Crippen LogP contribution in [0, 0.1) is 0 Å². The molecule has 0 bridgehead atoms. The van der Waals surface area contributed by atoms with E-state index in [-0.39, 0.29) is 34.0 Å². The third kappa shape index (κ3) is 4.08. The molecule has 0 aromatic heterocycles. The van der Waals surface area contributed by atoms with Gasteiger partial charge in [-0.05, 0) is 38.5 Å². The zero-order chi connectivity index (χ0) is 23.0. The Hall–Kier alpha value is -1.99. The Morgan fingerprint density at radius 2 is 1.18 bits per heavy atom. The van der Waals surface area contributed by atoms with Crippen molar-refractivity contribution in [3.8, 4) is 0 Å². The highest BCUT2D eigenvalue weighted by Crippen LogP contribution is 2.39. The van der Waals surface area contributed by atoms with E-state index in [0.29, 0.717) is 18.7 Å². The predicted molar refractivity (Wildman–Crippen MR) is 127 cm³/mol. The average molecular weight is 471 g/mol. The van der Waals surface area contributed by atoms with Crippen LogP contribution in [-0.2, 0) is 10.0 Å². The summed E-state index contributed by atoms with van der Waals surface area (Å²) >= 11 is 0. The molecule has 178 valence electrons. The molecule has 0 radical (unpaired) electrons. The second kappa shape index (κ2) is 9.34. The van der Waals surface area contributed by atoms with Crippen LogP contribution in [-0.4, -0.2) is 54.4 Å². The highest BCUT2D eigenvalue weighted by Gasteiger charge is 2.47. The summed E-state index contributed by atoms with van der Waals surface area (Å²) < 4.78 is 30.7. The van der Waals surface area contributed by atoms with Crippen LogP contribution in [0.25, 0.3) is 0 Å². The van der Waals surface area contributed by atoms with Gasteiger partial charge in [0, 0.05) is 36.3 Å². The number of carbonyl (C=O) groups excluding carboxylic acids is 2. The van der Waals surface area contributed by atoms with Gasteiger partial charge >= 0.3 is 0 Å². The molecule has 6 nitrogen and oxygen atoms in total. The molecule has 1 aliphatic heterocycles. The fourth-order valence-electron chi connectivity index (χ4n) is 6.27. The van der Waals surface area contributed by atoms with Gasteiger partial charge in [-0.3, -0.25) is 9.59 Å². The lowest BCUT2D eigenvalue weighted by Crippen LogP contribution is -2.51. The number of hydrogen-bond acceptors (Lipinski definition) is 5. The molecule has 4 aliphatic rings. The molecule has 0 spiro atoms. The number of Topliss-reactive ketones (excluding diaryl/α,β-unsaturated/α-hetero) is 2. The number of allylic oxidation sites excluding steroid dienone is 2. The molecule has 3 aliphatic carbocycles. The SMILES string of the molecule is O=C1C(N2CCCC2)=C(S(=O)(=O)N(C2CCCCC2)C2CCCCC2)C(=O)c2ccccc21. The van der Waals surface area contributed by atoms with Crippen LogP contribution in [0.15, 0.2) is 34.9 Å². The summed E-state index contributed by atoms with van der Waals surface area (Å²) in [6.45, 7) is 1.23. The van der Waals surface area contributed by atoms with Crippen molar-refractivity contribution in [1.82, 2.24) is 9.21 Å². The Morgan fingerprint density at radius 1 is 0.697 bits per heavy atom. The number of benzene rings is 1. The first-order valence-corrected chi connectivity index (χ1v) is 14.2. The van der Waals surface area contributed by atoms with E-state index in [2.05, 4.69) is 0 Å². The molecular weight excluding hydrogens is 436 g/mol. The first kappa shape index (κ1) is 22.8. The van der Waals surface area contributed by atoms with Crippen LogP contribution in [0.1, 0.15) is 97.8 Å². The van der Waals surface area contributed by atoms with Gasteiger partial charge in [-0.15, -0.1) is 0 Å². The fourth-order valence-corrected chi connectivity index (χ4v) is 8.50. The molecule has 33 heavy (non-hydrogen) atoms. The number of sulfonamides is 1. The average Bonchev–Trinajstić information content (AvgIpc) is 3.37. The molecule has 0 amide bonds. The molecule has 1 heterocycles. The number of likely N-dealkylation sites (tertiary alicyclic amines) is 1. The summed E-state index contributed by atoms with van der Waals surface area (Å²) in [6, 6.07) is 6.52. The maximum absolute atomic E-state index is 14.5. The topological polar surface area (TPSA) is 74.8 Å². The highest BCUT2D eigenvalue weighted by molar-refractivity contribution is 7.94. The minimum Gasteiger partial charge on any atom is -0.367 e. The van der Waals surface area contributed by atoms with Gasteiger partial charge in [0.05, 0.1) is 0 Å². The summed E-state index contributed by atoms with van der Waals surface area (Å²) in [7, 11) is -4.13. The third-order valence-electron chi connectivity index (χ3n) is 7.88. The monoisotopic (exact) mass is 470 g/mol. The maximum Gasteiger partial charge on any atom is 0.249 e. The molecule has 0 N–H and O–H groups in total. The molecular formula is C26H34N2O4S. The van der Waals surface area contributed by atoms with Crippen LogP contribution in [0.2, 0.25) is 0 Å². The molecule has 1 saturated heterocycles. The van der Waals surface area contributed by atoms with E-state index in [9.17, 15) is 18.0 Å². The lowest BCUT2D eigenvalue weighted by molar-refractivity contribution is 0.0950. The van der Waals surface area contributed by atoms with E-state index in [1.165, 1.54) is 0 Å². The van der Waals surface area contributed by atoms with Crippen LogP contribution in [0.3, 0.4) is 0 Å². The largest absolute Gasteiger partial charge is 0.367 e. The first-order chi connectivity index (χ1) is 16.0.